The van der Waals surface area contributed by atoms with Gasteiger partial charge in [-0.15, -0.1) is 0 Å². The Labute approximate surface area is 353 Å². The third-order valence-electron chi connectivity index (χ3n) is 14.6. The normalized spacial score (nSPS) is 14.8. The topological polar surface area (TPSA) is 34.5 Å². The van der Waals surface area contributed by atoms with E-state index in [1.807, 2.05) is 0 Å². The fraction of sp³-hybridized carbons (Fsp3) is 0.143. The van der Waals surface area contributed by atoms with Crippen LogP contribution in [0.1, 0.15) is 56.9 Å². The first-order chi connectivity index (χ1) is 29.5. The number of furan rings is 2. The van der Waals surface area contributed by atoms with E-state index in [1.165, 1.54) is 94.3 Å². The van der Waals surface area contributed by atoms with Gasteiger partial charge in [0, 0.05) is 60.4 Å². The minimum Gasteiger partial charge on any atom is -0.456 e. The Morgan fingerprint density at radius 1 is 0.541 bits per heavy atom. The van der Waals surface area contributed by atoms with Gasteiger partial charge < -0.3 is 18.2 Å². The number of hydrogen-bond donors (Lipinski definition) is 0. The predicted molar refractivity (Wildman–Crippen MR) is 255 cm³/mol. The van der Waals surface area contributed by atoms with Gasteiger partial charge in [0.1, 0.15) is 22.3 Å². The maximum atomic E-state index is 6.75. The zero-order valence-electron chi connectivity index (χ0n) is 35.1. The third-order valence-corrected chi connectivity index (χ3v) is 14.6. The van der Waals surface area contributed by atoms with Gasteiger partial charge in [0.05, 0.1) is 11.0 Å². The summed E-state index contributed by atoms with van der Waals surface area (Å²) in [4.78, 5) is 2.66. The van der Waals surface area contributed by atoms with Crippen molar-refractivity contribution >= 4 is 94.8 Å². The van der Waals surface area contributed by atoms with E-state index in [0.717, 1.165) is 43.9 Å². The Morgan fingerprint density at radius 2 is 1.21 bits per heavy atom. The molecule has 0 radical (unpaired) electrons. The molecule has 0 fully saturated rings. The largest absolute Gasteiger partial charge is 0.456 e. The smallest absolute Gasteiger partial charge is 0.333 e. The van der Waals surface area contributed by atoms with Crippen LogP contribution in [0.15, 0.2) is 148 Å². The molecule has 290 valence electrons. The lowest BCUT2D eigenvalue weighted by atomic mass is 9.43. The molecule has 8 aromatic carbocycles. The van der Waals surface area contributed by atoms with Crippen molar-refractivity contribution in [3.05, 3.63) is 162 Å². The maximum absolute atomic E-state index is 6.75. The van der Waals surface area contributed by atoms with Crippen LogP contribution in [0.2, 0.25) is 0 Å². The third kappa shape index (κ3) is 4.17. The average molecular weight is 785 g/mol. The Bertz CT molecular complexity index is 3800. The Kier molecular flexibility index (Phi) is 6.12. The van der Waals surface area contributed by atoms with Crippen molar-refractivity contribution in [3.8, 4) is 27.9 Å². The van der Waals surface area contributed by atoms with E-state index < -0.39 is 0 Å². The number of aryl methyl sites for hydroxylation is 1. The molecule has 11 aromatic rings. The Morgan fingerprint density at radius 3 is 1.95 bits per heavy atom. The van der Waals surface area contributed by atoms with E-state index in [1.54, 1.807) is 0 Å². The second-order valence-corrected chi connectivity index (χ2v) is 19.3. The molecule has 0 saturated carbocycles. The summed E-state index contributed by atoms with van der Waals surface area (Å²) in [5, 5.41) is 7.02. The van der Waals surface area contributed by atoms with Crippen LogP contribution >= 0.6 is 0 Å². The van der Waals surface area contributed by atoms with E-state index >= 15 is 0 Å². The molecule has 3 aliphatic rings. The summed E-state index contributed by atoms with van der Waals surface area (Å²) >= 11 is 0. The van der Waals surface area contributed by atoms with Gasteiger partial charge in [-0.3, -0.25) is 0 Å². The molecule has 0 N–H and O–H groups in total. The van der Waals surface area contributed by atoms with Gasteiger partial charge in [-0.1, -0.05) is 113 Å². The first kappa shape index (κ1) is 33.8. The molecule has 0 atom stereocenters. The van der Waals surface area contributed by atoms with Crippen molar-refractivity contribution in [3.63, 3.8) is 0 Å². The lowest BCUT2D eigenvalue weighted by Crippen LogP contribution is -2.60. The Balaban J connectivity index is 1.18. The van der Waals surface area contributed by atoms with Crippen molar-refractivity contribution in [1.29, 1.82) is 0 Å². The monoisotopic (exact) mass is 784 g/mol. The SMILES string of the molecule is Cc1cc2c3c4c1c1cc5oc6ccccc6c5cc1n4-c1cc4c(cc1B3N(c1ccc(C(C)(C)C)cc1)c1cc3c(cc1-2)-c1ccccc1C3(C)C)oc1ccccc14. The number of benzene rings is 8. The molecular weight excluding hydrogens is 743 g/mol. The van der Waals surface area contributed by atoms with Gasteiger partial charge in [-0.05, 0) is 123 Å². The van der Waals surface area contributed by atoms with Crippen LogP contribution in [0, 0.1) is 6.92 Å². The lowest BCUT2D eigenvalue weighted by molar-refractivity contribution is 0.590. The molecule has 2 aliphatic heterocycles. The van der Waals surface area contributed by atoms with Crippen molar-refractivity contribution < 1.29 is 8.83 Å². The van der Waals surface area contributed by atoms with Crippen LogP contribution in [0.4, 0.5) is 11.4 Å². The molecule has 0 saturated heterocycles. The first-order valence-corrected chi connectivity index (χ1v) is 21.6. The standard InChI is InChI=1S/C56H41BN2O2/c1-30-23-40-37-24-36-33-13-7-10-16-42(33)56(5,6)43(36)28-46(37)59(32-21-19-31(20-22-32)55(2,3)4)57-44-29-51-39(35-15-9-12-18-49(35)61-51)26-47(44)58-45-25-38-34-14-8-11-17-48(34)60-50(38)27-41(45)52(30)54(58)53(40)57/h7-29H,1-6H3. The van der Waals surface area contributed by atoms with E-state index in [2.05, 4.69) is 190 Å². The number of fused-ring (bicyclic) bond motifs is 17. The van der Waals surface area contributed by atoms with Gasteiger partial charge in [0.15, 0.2) is 0 Å². The van der Waals surface area contributed by atoms with Crippen LogP contribution in [0.5, 0.6) is 0 Å². The molecular formula is C56H41BN2O2. The molecule has 3 aromatic heterocycles. The minimum absolute atomic E-state index is 0.0288. The quantitative estimate of drug-likeness (QED) is 0.156. The van der Waals surface area contributed by atoms with Crippen LogP contribution in [0.3, 0.4) is 0 Å². The second-order valence-electron chi connectivity index (χ2n) is 19.3. The number of nitrogens with zero attached hydrogens (tertiary/aromatic N) is 2. The zero-order valence-corrected chi connectivity index (χ0v) is 35.1. The van der Waals surface area contributed by atoms with Crippen molar-refractivity contribution in [2.75, 3.05) is 4.81 Å². The number of para-hydroxylation sites is 2. The maximum Gasteiger partial charge on any atom is 0.333 e. The van der Waals surface area contributed by atoms with Gasteiger partial charge in [-0.25, -0.2) is 0 Å². The van der Waals surface area contributed by atoms with Crippen LogP contribution < -0.4 is 15.7 Å². The summed E-state index contributed by atoms with van der Waals surface area (Å²) in [5.41, 5.74) is 22.7. The van der Waals surface area contributed by atoms with Gasteiger partial charge >= 0.3 is 6.85 Å². The predicted octanol–water partition coefficient (Wildman–Crippen LogP) is 13.7. The van der Waals surface area contributed by atoms with Crippen molar-refractivity contribution in [1.82, 2.24) is 4.57 Å². The summed E-state index contributed by atoms with van der Waals surface area (Å²) in [5.74, 6) is 0. The summed E-state index contributed by atoms with van der Waals surface area (Å²) < 4.78 is 15.9. The molecule has 61 heavy (non-hydrogen) atoms. The molecule has 14 rings (SSSR count). The van der Waals surface area contributed by atoms with Crippen LogP contribution in [0.25, 0.3) is 93.6 Å². The number of hydrogen-bond acceptors (Lipinski definition) is 3. The summed E-state index contributed by atoms with van der Waals surface area (Å²) in [6.45, 7) is 13.8. The fourth-order valence-corrected chi connectivity index (χ4v) is 11.7. The molecule has 0 spiro atoms. The second kappa shape index (κ2) is 11.0. The molecule has 5 heterocycles. The van der Waals surface area contributed by atoms with Gasteiger partial charge in [0.2, 0.25) is 0 Å². The van der Waals surface area contributed by atoms with Gasteiger partial charge in [-0.2, -0.15) is 0 Å². The molecule has 0 unspecified atom stereocenters. The Hall–Kier alpha value is -6.98. The molecule has 5 heteroatoms. The highest BCUT2D eigenvalue weighted by atomic mass is 16.3. The van der Waals surface area contributed by atoms with E-state index in [9.17, 15) is 0 Å². The molecule has 4 nitrogen and oxygen atoms in total. The zero-order chi connectivity index (χ0) is 40.8. The highest BCUT2D eigenvalue weighted by Crippen LogP contribution is 2.55. The summed E-state index contributed by atoms with van der Waals surface area (Å²) in [6, 6.07) is 52.3. The van der Waals surface area contributed by atoms with Crippen LogP contribution in [-0.2, 0) is 10.8 Å². The average Bonchev–Trinajstić information content (AvgIpc) is 3.98. The lowest BCUT2D eigenvalue weighted by Gasteiger charge is -2.43. The molecule has 0 bridgehead atoms. The van der Waals surface area contributed by atoms with Gasteiger partial charge in [0.25, 0.3) is 0 Å². The van der Waals surface area contributed by atoms with Crippen molar-refractivity contribution in [2.24, 2.45) is 0 Å². The summed E-state index contributed by atoms with van der Waals surface area (Å²) in [6.07, 6.45) is 0. The number of rotatable bonds is 1. The minimum atomic E-state index is -0.151. The highest BCUT2D eigenvalue weighted by Gasteiger charge is 2.46. The van der Waals surface area contributed by atoms with E-state index in [4.69, 9.17) is 8.83 Å². The fourth-order valence-electron chi connectivity index (χ4n) is 11.7. The number of anilines is 2. The van der Waals surface area contributed by atoms with E-state index in [-0.39, 0.29) is 17.7 Å². The number of aromatic nitrogens is 1. The molecule has 1 aliphatic carbocycles. The summed E-state index contributed by atoms with van der Waals surface area (Å²) in [7, 11) is 0. The van der Waals surface area contributed by atoms with E-state index in [0.29, 0.717) is 0 Å². The first-order valence-electron chi connectivity index (χ1n) is 21.6. The highest BCUT2D eigenvalue weighted by molar-refractivity contribution is 6.94. The van der Waals surface area contributed by atoms with Crippen LogP contribution in [-0.4, -0.2) is 11.4 Å². The van der Waals surface area contributed by atoms with Crippen molar-refractivity contribution in [2.45, 2.75) is 52.4 Å². The molecule has 0 amide bonds.